The third kappa shape index (κ3) is 2.72. The number of rotatable bonds is 2. The van der Waals surface area contributed by atoms with Crippen molar-refractivity contribution in [2.45, 2.75) is 13.5 Å². The van der Waals surface area contributed by atoms with E-state index in [0.717, 1.165) is 11.3 Å². The molecule has 2 aromatic carbocycles. The van der Waals surface area contributed by atoms with Crippen LogP contribution in [0.5, 0.6) is 5.75 Å². The third-order valence-electron chi connectivity index (χ3n) is 3.78. The molecule has 0 N–H and O–H groups in total. The molecule has 22 heavy (non-hydrogen) atoms. The SMILES string of the molecule is CC(=O)c1ccccc1C(=O)N1CCOc2ccccc2C1. The minimum absolute atomic E-state index is 0.101. The summed E-state index contributed by atoms with van der Waals surface area (Å²) in [5, 5.41) is 0. The molecule has 1 aliphatic heterocycles. The Balaban J connectivity index is 1.92. The van der Waals surface area contributed by atoms with E-state index < -0.39 is 0 Å². The maximum Gasteiger partial charge on any atom is 0.255 e. The number of carbonyl (C=O) groups is 2. The van der Waals surface area contributed by atoms with Crippen molar-refractivity contribution in [2.75, 3.05) is 13.2 Å². The van der Waals surface area contributed by atoms with Gasteiger partial charge in [0.15, 0.2) is 5.78 Å². The summed E-state index contributed by atoms with van der Waals surface area (Å²) in [6, 6.07) is 14.7. The highest BCUT2D eigenvalue weighted by Crippen LogP contribution is 2.24. The van der Waals surface area contributed by atoms with Gasteiger partial charge in [0, 0.05) is 17.7 Å². The van der Waals surface area contributed by atoms with Crippen molar-refractivity contribution in [2.24, 2.45) is 0 Å². The normalized spacial score (nSPS) is 13.8. The summed E-state index contributed by atoms with van der Waals surface area (Å²) in [7, 11) is 0. The zero-order chi connectivity index (χ0) is 15.5. The number of Topliss-reactive ketones (excluding diaryl/α,β-unsaturated/α-hetero) is 1. The summed E-state index contributed by atoms with van der Waals surface area (Å²) in [6.45, 7) is 2.92. The van der Waals surface area contributed by atoms with E-state index in [1.807, 2.05) is 24.3 Å². The third-order valence-corrected chi connectivity index (χ3v) is 3.78. The first-order valence-electron chi connectivity index (χ1n) is 7.27. The van der Waals surface area contributed by atoms with Gasteiger partial charge >= 0.3 is 0 Å². The van der Waals surface area contributed by atoms with Crippen molar-refractivity contribution in [3.05, 3.63) is 65.2 Å². The molecule has 0 aromatic heterocycles. The van der Waals surface area contributed by atoms with Crippen molar-refractivity contribution in [1.82, 2.24) is 4.90 Å². The molecule has 112 valence electrons. The molecule has 1 aliphatic rings. The van der Waals surface area contributed by atoms with E-state index in [-0.39, 0.29) is 11.7 Å². The van der Waals surface area contributed by atoms with E-state index in [2.05, 4.69) is 0 Å². The number of ketones is 1. The number of benzene rings is 2. The zero-order valence-corrected chi connectivity index (χ0v) is 12.4. The fraction of sp³-hybridized carbons (Fsp3) is 0.222. The average molecular weight is 295 g/mol. The fourth-order valence-electron chi connectivity index (χ4n) is 2.65. The lowest BCUT2D eigenvalue weighted by atomic mass is 10.0. The van der Waals surface area contributed by atoms with Crippen molar-refractivity contribution in [3.8, 4) is 5.75 Å². The predicted octanol–water partition coefficient (Wildman–Crippen LogP) is 2.92. The Labute approximate surface area is 129 Å². The monoisotopic (exact) mass is 295 g/mol. The number of amides is 1. The number of para-hydroxylation sites is 1. The number of fused-ring (bicyclic) bond motifs is 1. The highest BCUT2D eigenvalue weighted by Gasteiger charge is 2.23. The molecule has 0 radical (unpaired) electrons. The van der Waals surface area contributed by atoms with Gasteiger partial charge in [0.05, 0.1) is 12.1 Å². The van der Waals surface area contributed by atoms with Gasteiger partial charge in [-0.25, -0.2) is 0 Å². The minimum Gasteiger partial charge on any atom is -0.491 e. The second-order valence-electron chi connectivity index (χ2n) is 5.28. The zero-order valence-electron chi connectivity index (χ0n) is 12.4. The molecule has 0 saturated heterocycles. The van der Waals surface area contributed by atoms with Gasteiger partial charge in [0.2, 0.25) is 0 Å². The lowest BCUT2D eigenvalue weighted by molar-refractivity contribution is 0.0729. The van der Waals surface area contributed by atoms with Gasteiger partial charge in [-0.1, -0.05) is 36.4 Å². The van der Waals surface area contributed by atoms with Crippen molar-refractivity contribution in [1.29, 1.82) is 0 Å². The lowest BCUT2D eigenvalue weighted by Crippen LogP contribution is -2.33. The van der Waals surface area contributed by atoms with Crippen LogP contribution < -0.4 is 4.74 Å². The van der Waals surface area contributed by atoms with E-state index >= 15 is 0 Å². The molecule has 3 rings (SSSR count). The van der Waals surface area contributed by atoms with E-state index in [9.17, 15) is 9.59 Å². The van der Waals surface area contributed by atoms with E-state index in [1.165, 1.54) is 6.92 Å². The largest absolute Gasteiger partial charge is 0.491 e. The molecule has 0 saturated carbocycles. The quantitative estimate of drug-likeness (QED) is 0.800. The molecular formula is C18H17NO3. The summed E-state index contributed by atoms with van der Waals surface area (Å²) < 4.78 is 5.68. The summed E-state index contributed by atoms with van der Waals surface area (Å²) in [5.74, 6) is 0.583. The number of carbonyl (C=O) groups excluding carboxylic acids is 2. The first kappa shape index (κ1) is 14.3. The first-order valence-corrected chi connectivity index (χ1v) is 7.27. The number of ether oxygens (including phenoxy) is 1. The van der Waals surface area contributed by atoms with E-state index in [0.29, 0.717) is 30.8 Å². The Bertz CT molecular complexity index is 724. The Morgan fingerprint density at radius 2 is 1.68 bits per heavy atom. The second kappa shape index (κ2) is 6.02. The number of hydrogen-bond donors (Lipinski definition) is 0. The van der Waals surface area contributed by atoms with Crippen molar-refractivity contribution >= 4 is 11.7 Å². The molecule has 0 bridgehead atoms. The van der Waals surface area contributed by atoms with Crippen LogP contribution in [0.3, 0.4) is 0 Å². The maximum atomic E-state index is 12.8. The van der Waals surface area contributed by atoms with E-state index in [4.69, 9.17) is 4.74 Å². The van der Waals surface area contributed by atoms with E-state index in [1.54, 1.807) is 29.2 Å². The van der Waals surface area contributed by atoms with Gasteiger partial charge in [0.25, 0.3) is 5.91 Å². The first-order chi connectivity index (χ1) is 10.7. The summed E-state index contributed by atoms with van der Waals surface area (Å²) in [5.41, 5.74) is 1.90. The topological polar surface area (TPSA) is 46.6 Å². The second-order valence-corrected chi connectivity index (χ2v) is 5.28. The highest BCUT2D eigenvalue weighted by molar-refractivity contribution is 6.07. The van der Waals surface area contributed by atoms with Crippen molar-refractivity contribution < 1.29 is 14.3 Å². The molecular weight excluding hydrogens is 278 g/mol. The molecule has 4 nitrogen and oxygen atoms in total. The minimum atomic E-state index is -0.133. The molecule has 0 spiro atoms. The molecule has 1 heterocycles. The molecule has 2 aromatic rings. The number of hydrogen-bond acceptors (Lipinski definition) is 3. The summed E-state index contributed by atoms with van der Waals surface area (Å²) >= 11 is 0. The maximum absolute atomic E-state index is 12.8. The van der Waals surface area contributed by atoms with Gasteiger partial charge in [-0.05, 0) is 19.1 Å². The Morgan fingerprint density at radius 1 is 1.00 bits per heavy atom. The molecule has 4 heteroatoms. The smallest absolute Gasteiger partial charge is 0.255 e. The molecule has 0 unspecified atom stereocenters. The van der Waals surface area contributed by atoms with Crippen LogP contribution in [0.25, 0.3) is 0 Å². The summed E-state index contributed by atoms with van der Waals surface area (Å²) in [4.78, 5) is 26.3. The molecule has 0 aliphatic carbocycles. The fourth-order valence-corrected chi connectivity index (χ4v) is 2.65. The standard InChI is InChI=1S/C18H17NO3/c1-13(20)15-7-3-4-8-16(15)18(21)19-10-11-22-17-9-5-2-6-14(17)12-19/h2-9H,10-12H2,1H3. The van der Waals surface area contributed by atoms with Gasteiger partial charge in [0.1, 0.15) is 12.4 Å². The molecule has 1 amide bonds. The number of nitrogens with zero attached hydrogens (tertiary/aromatic N) is 1. The van der Waals surface area contributed by atoms with Gasteiger partial charge in [-0.2, -0.15) is 0 Å². The van der Waals surface area contributed by atoms with Crippen LogP contribution in [0.15, 0.2) is 48.5 Å². The van der Waals surface area contributed by atoms with Crippen molar-refractivity contribution in [3.63, 3.8) is 0 Å². The Kier molecular flexibility index (Phi) is 3.92. The van der Waals surface area contributed by atoms with Gasteiger partial charge < -0.3 is 9.64 Å². The van der Waals surface area contributed by atoms with Crippen LogP contribution in [-0.4, -0.2) is 29.7 Å². The average Bonchev–Trinajstić information content (AvgIpc) is 2.76. The molecule has 0 atom stereocenters. The lowest BCUT2D eigenvalue weighted by Gasteiger charge is -2.21. The Morgan fingerprint density at radius 3 is 2.45 bits per heavy atom. The van der Waals surface area contributed by atoms with Gasteiger partial charge in [-0.3, -0.25) is 9.59 Å². The van der Waals surface area contributed by atoms with Crippen LogP contribution in [0.4, 0.5) is 0 Å². The highest BCUT2D eigenvalue weighted by atomic mass is 16.5. The predicted molar refractivity (Wildman–Crippen MR) is 83.1 cm³/mol. The molecule has 0 fully saturated rings. The Hall–Kier alpha value is -2.62. The van der Waals surface area contributed by atoms with Gasteiger partial charge in [-0.15, -0.1) is 0 Å². The van der Waals surface area contributed by atoms with Crippen LogP contribution in [0, 0.1) is 0 Å². The van der Waals surface area contributed by atoms with Crippen LogP contribution in [0.1, 0.15) is 33.2 Å². The van der Waals surface area contributed by atoms with Crippen LogP contribution in [-0.2, 0) is 6.54 Å². The summed E-state index contributed by atoms with van der Waals surface area (Å²) in [6.07, 6.45) is 0. The van der Waals surface area contributed by atoms with Crippen LogP contribution in [0.2, 0.25) is 0 Å². The van der Waals surface area contributed by atoms with Crippen LogP contribution >= 0.6 is 0 Å².